The van der Waals surface area contributed by atoms with Crippen molar-refractivity contribution in [2.75, 3.05) is 11.1 Å². The van der Waals surface area contributed by atoms with Gasteiger partial charge in [0.25, 0.3) is 5.91 Å². The Labute approximate surface area is 212 Å². The van der Waals surface area contributed by atoms with E-state index in [0.717, 1.165) is 34.2 Å². The monoisotopic (exact) mass is 496 g/mol. The predicted molar refractivity (Wildman–Crippen MR) is 142 cm³/mol. The molecule has 0 atom stereocenters. The van der Waals surface area contributed by atoms with Crippen molar-refractivity contribution in [1.82, 2.24) is 25.1 Å². The Morgan fingerprint density at radius 3 is 2.50 bits per heavy atom. The van der Waals surface area contributed by atoms with Crippen LogP contribution in [0.2, 0.25) is 0 Å². The maximum atomic E-state index is 12.8. The molecule has 0 radical (unpaired) electrons. The molecule has 36 heavy (non-hydrogen) atoms. The molecule has 180 valence electrons. The zero-order valence-corrected chi connectivity index (χ0v) is 20.5. The average Bonchev–Trinajstić information content (AvgIpc) is 3.24. The summed E-state index contributed by atoms with van der Waals surface area (Å²) in [4.78, 5) is 30.2. The highest BCUT2D eigenvalue weighted by molar-refractivity contribution is 7.99. The molecule has 0 aliphatic rings. The lowest BCUT2D eigenvalue weighted by molar-refractivity contribution is -0.113. The van der Waals surface area contributed by atoms with Gasteiger partial charge in [0, 0.05) is 18.5 Å². The lowest BCUT2D eigenvalue weighted by Gasteiger charge is -2.11. The molecule has 0 unspecified atom stereocenters. The zero-order valence-electron chi connectivity index (χ0n) is 19.6. The van der Waals surface area contributed by atoms with Gasteiger partial charge in [-0.2, -0.15) is 0 Å². The minimum absolute atomic E-state index is 0.0828. The van der Waals surface area contributed by atoms with Crippen LogP contribution in [0.4, 0.5) is 5.69 Å². The fourth-order valence-corrected chi connectivity index (χ4v) is 4.63. The number of hydrogen-bond donors (Lipinski definition) is 2. The lowest BCUT2D eigenvalue weighted by Crippen LogP contribution is -2.25. The van der Waals surface area contributed by atoms with Gasteiger partial charge in [0.2, 0.25) is 11.1 Å². The summed E-state index contributed by atoms with van der Waals surface area (Å²) in [6.45, 7) is 3.21. The molecular weight excluding hydrogens is 472 g/mol. The number of anilines is 1. The highest BCUT2D eigenvalue weighted by atomic mass is 32.2. The summed E-state index contributed by atoms with van der Waals surface area (Å²) in [5.41, 5.74) is 4.40. The average molecular weight is 497 g/mol. The van der Waals surface area contributed by atoms with Crippen LogP contribution in [0.3, 0.4) is 0 Å². The third-order valence-electron chi connectivity index (χ3n) is 5.74. The number of fused-ring (bicyclic) bond motifs is 3. The molecule has 8 nitrogen and oxygen atoms in total. The first-order valence-corrected chi connectivity index (χ1v) is 12.6. The van der Waals surface area contributed by atoms with E-state index in [1.54, 1.807) is 24.3 Å². The van der Waals surface area contributed by atoms with Crippen LogP contribution in [0.15, 0.2) is 84.0 Å². The number of thioether (sulfide) groups is 1. The second kappa shape index (κ2) is 10.6. The van der Waals surface area contributed by atoms with Gasteiger partial charge < -0.3 is 15.2 Å². The molecule has 2 aromatic heterocycles. The summed E-state index contributed by atoms with van der Waals surface area (Å²) < 4.78 is 2.09. The van der Waals surface area contributed by atoms with Crippen molar-refractivity contribution in [3.05, 3.63) is 90.0 Å². The van der Waals surface area contributed by atoms with Crippen LogP contribution in [0.5, 0.6) is 0 Å². The molecule has 0 saturated carbocycles. The van der Waals surface area contributed by atoms with Crippen LogP contribution in [0, 0.1) is 0 Å². The van der Waals surface area contributed by atoms with Gasteiger partial charge in [-0.1, -0.05) is 72.4 Å². The van der Waals surface area contributed by atoms with Crippen LogP contribution in [-0.4, -0.2) is 37.3 Å². The largest absolute Gasteiger partial charge is 0.348 e. The standard InChI is InChI=1S/C27H24N6O2S/c1-2-33-22-15-9-7-13-20(22)24-25(33)30-27(32-31-24)36-17-23(34)29-21-14-8-6-12-19(21)26(35)28-16-18-10-4-3-5-11-18/h3-15H,2,16-17H2,1H3,(H,28,35)(H,29,34). The number of aryl methyl sites for hydroxylation is 1. The lowest BCUT2D eigenvalue weighted by atomic mass is 10.1. The molecule has 3 aromatic carbocycles. The van der Waals surface area contributed by atoms with E-state index in [9.17, 15) is 9.59 Å². The molecule has 0 spiro atoms. The number of carbonyl (C=O) groups excluding carboxylic acids is 2. The second-order valence-electron chi connectivity index (χ2n) is 8.08. The van der Waals surface area contributed by atoms with E-state index in [2.05, 4.69) is 37.3 Å². The fourth-order valence-electron chi connectivity index (χ4n) is 4.05. The summed E-state index contributed by atoms with van der Waals surface area (Å²) in [6.07, 6.45) is 0. The van der Waals surface area contributed by atoms with Gasteiger partial charge in [-0.3, -0.25) is 9.59 Å². The minimum Gasteiger partial charge on any atom is -0.348 e. The second-order valence-corrected chi connectivity index (χ2v) is 9.02. The normalized spacial score (nSPS) is 11.0. The number of carbonyl (C=O) groups is 2. The SMILES string of the molecule is CCn1c2ccccc2c2nnc(SCC(=O)Nc3ccccc3C(=O)NCc3ccccc3)nc21. The van der Waals surface area contributed by atoms with Gasteiger partial charge in [-0.15, -0.1) is 10.2 Å². The van der Waals surface area contributed by atoms with Crippen LogP contribution >= 0.6 is 11.8 Å². The van der Waals surface area contributed by atoms with Gasteiger partial charge in [-0.05, 0) is 30.7 Å². The molecular formula is C27H24N6O2S. The van der Waals surface area contributed by atoms with Crippen LogP contribution < -0.4 is 10.6 Å². The van der Waals surface area contributed by atoms with Gasteiger partial charge in [-0.25, -0.2) is 4.98 Å². The topological polar surface area (TPSA) is 102 Å². The molecule has 5 rings (SSSR count). The Bertz CT molecular complexity index is 1550. The number of para-hydroxylation sites is 2. The van der Waals surface area contributed by atoms with Crippen LogP contribution in [0.1, 0.15) is 22.8 Å². The number of rotatable bonds is 8. The Hall–Kier alpha value is -4.24. The van der Waals surface area contributed by atoms with Crippen molar-refractivity contribution in [2.45, 2.75) is 25.2 Å². The quantitative estimate of drug-likeness (QED) is 0.303. The first kappa shape index (κ1) is 23.5. The highest BCUT2D eigenvalue weighted by Gasteiger charge is 2.16. The maximum Gasteiger partial charge on any atom is 0.253 e. The first-order valence-electron chi connectivity index (χ1n) is 11.6. The number of nitrogens with one attached hydrogen (secondary N) is 2. The van der Waals surface area contributed by atoms with E-state index in [1.165, 1.54) is 11.8 Å². The van der Waals surface area contributed by atoms with Gasteiger partial charge in [0.15, 0.2) is 5.65 Å². The Balaban J connectivity index is 1.26. The van der Waals surface area contributed by atoms with Gasteiger partial charge in [0.1, 0.15) is 5.52 Å². The number of benzene rings is 3. The van der Waals surface area contributed by atoms with Gasteiger partial charge >= 0.3 is 0 Å². The maximum absolute atomic E-state index is 12.8. The number of aromatic nitrogens is 4. The van der Waals surface area contributed by atoms with Crippen LogP contribution in [0.25, 0.3) is 22.1 Å². The highest BCUT2D eigenvalue weighted by Crippen LogP contribution is 2.27. The molecule has 0 bridgehead atoms. The summed E-state index contributed by atoms with van der Waals surface area (Å²) in [5, 5.41) is 15.8. The van der Waals surface area contributed by atoms with Crippen LogP contribution in [-0.2, 0) is 17.9 Å². The number of hydrogen-bond acceptors (Lipinski definition) is 6. The van der Waals surface area contributed by atoms with E-state index < -0.39 is 0 Å². The smallest absolute Gasteiger partial charge is 0.253 e. The third-order valence-corrected chi connectivity index (χ3v) is 6.58. The van der Waals surface area contributed by atoms with Gasteiger partial charge in [0.05, 0.1) is 22.5 Å². The summed E-state index contributed by atoms with van der Waals surface area (Å²) in [7, 11) is 0. The van der Waals surface area contributed by atoms with E-state index in [1.807, 2.05) is 54.6 Å². The molecule has 0 fully saturated rings. The fraction of sp³-hybridized carbons (Fsp3) is 0.148. The van der Waals surface area contributed by atoms with Crippen molar-refractivity contribution >= 4 is 51.3 Å². The molecule has 5 aromatic rings. The zero-order chi connectivity index (χ0) is 24.9. The molecule has 2 heterocycles. The molecule has 9 heteroatoms. The molecule has 0 aliphatic heterocycles. The molecule has 0 aliphatic carbocycles. The Kier molecular flexibility index (Phi) is 6.90. The van der Waals surface area contributed by atoms with Crippen molar-refractivity contribution < 1.29 is 9.59 Å². The number of nitrogens with zero attached hydrogens (tertiary/aromatic N) is 4. The van der Waals surface area contributed by atoms with Crippen molar-refractivity contribution in [1.29, 1.82) is 0 Å². The summed E-state index contributed by atoms with van der Waals surface area (Å²) in [6, 6.07) is 24.6. The molecule has 0 saturated heterocycles. The third kappa shape index (κ3) is 4.92. The first-order chi connectivity index (χ1) is 17.6. The molecule has 2 amide bonds. The molecule has 2 N–H and O–H groups in total. The van der Waals surface area contributed by atoms with Crippen molar-refractivity contribution in [2.24, 2.45) is 0 Å². The van der Waals surface area contributed by atoms with E-state index in [4.69, 9.17) is 0 Å². The predicted octanol–water partition coefficient (Wildman–Crippen LogP) is 4.66. The summed E-state index contributed by atoms with van der Waals surface area (Å²) >= 11 is 1.20. The summed E-state index contributed by atoms with van der Waals surface area (Å²) in [5.74, 6) is -0.435. The van der Waals surface area contributed by atoms with E-state index >= 15 is 0 Å². The minimum atomic E-state index is -0.261. The Morgan fingerprint density at radius 2 is 1.67 bits per heavy atom. The number of amides is 2. The van der Waals surface area contributed by atoms with Crippen molar-refractivity contribution in [3.8, 4) is 0 Å². The van der Waals surface area contributed by atoms with E-state index in [-0.39, 0.29) is 17.6 Å². The van der Waals surface area contributed by atoms with E-state index in [0.29, 0.717) is 23.0 Å². The Morgan fingerprint density at radius 1 is 0.917 bits per heavy atom. The van der Waals surface area contributed by atoms with Crippen molar-refractivity contribution in [3.63, 3.8) is 0 Å².